The van der Waals surface area contributed by atoms with Crippen LogP contribution in [-0.4, -0.2) is 20.1 Å². The predicted molar refractivity (Wildman–Crippen MR) is 53.9 cm³/mol. The molecule has 0 saturated heterocycles. The molecule has 5 nitrogen and oxygen atoms in total. The molecule has 0 atom stereocenters. The molecule has 80 valence electrons. The van der Waals surface area contributed by atoms with Crippen molar-refractivity contribution in [2.75, 3.05) is 0 Å². The van der Waals surface area contributed by atoms with Gasteiger partial charge in [-0.3, -0.25) is 0 Å². The van der Waals surface area contributed by atoms with Crippen LogP contribution in [0.15, 0.2) is 23.0 Å². The van der Waals surface area contributed by atoms with Crippen LogP contribution in [0.3, 0.4) is 0 Å². The number of hydrogen-bond acceptors (Lipinski definition) is 4. The first-order chi connectivity index (χ1) is 7.36. The molecular weight excluding hydrogens is 194 g/mol. The van der Waals surface area contributed by atoms with E-state index in [1.165, 1.54) is 0 Å². The summed E-state index contributed by atoms with van der Waals surface area (Å²) in [7, 11) is 0. The molecule has 0 spiro atoms. The molecule has 0 fully saturated rings. The summed E-state index contributed by atoms with van der Waals surface area (Å²) in [5.41, 5.74) is 2.33. The summed E-state index contributed by atoms with van der Waals surface area (Å²) in [5, 5.41) is 17.1. The maximum Gasteiger partial charge on any atom is 0.116 e. The van der Waals surface area contributed by atoms with Gasteiger partial charge in [0.05, 0.1) is 24.8 Å². The molecule has 0 aliphatic rings. The van der Waals surface area contributed by atoms with E-state index < -0.39 is 0 Å². The summed E-state index contributed by atoms with van der Waals surface area (Å²) in [5.74, 6) is 0. The lowest BCUT2D eigenvalue weighted by molar-refractivity contribution is 0.277. The van der Waals surface area contributed by atoms with Gasteiger partial charge in [0.15, 0.2) is 0 Å². The first-order valence-electron chi connectivity index (χ1n) is 4.92. The molecule has 1 N–H and O–H groups in total. The van der Waals surface area contributed by atoms with Crippen LogP contribution in [0.1, 0.15) is 19.0 Å². The summed E-state index contributed by atoms with van der Waals surface area (Å²) < 4.78 is 6.81. The van der Waals surface area contributed by atoms with Crippen LogP contribution in [0.4, 0.5) is 0 Å². The number of aliphatic hydroxyl groups is 1. The zero-order valence-electron chi connectivity index (χ0n) is 8.55. The highest BCUT2D eigenvalue weighted by Crippen LogP contribution is 2.22. The van der Waals surface area contributed by atoms with Gasteiger partial charge in [-0.05, 0) is 12.5 Å². The third-order valence-corrected chi connectivity index (χ3v) is 2.18. The second-order valence-corrected chi connectivity index (χ2v) is 3.28. The molecule has 2 aromatic heterocycles. The van der Waals surface area contributed by atoms with E-state index in [1.54, 1.807) is 17.2 Å². The Kier molecular flexibility index (Phi) is 2.82. The Balaban J connectivity index is 2.46. The van der Waals surface area contributed by atoms with Gasteiger partial charge in [-0.15, -0.1) is 5.10 Å². The molecule has 2 aromatic rings. The first-order valence-corrected chi connectivity index (χ1v) is 4.92. The molecule has 0 unspecified atom stereocenters. The molecule has 0 saturated carbocycles. The number of furan rings is 1. The van der Waals surface area contributed by atoms with Gasteiger partial charge in [0.25, 0.3) is 0 Å². The van der Waals surface area contributed by atoms with Crippen molar-refractivity contribution in [3.63, 3.8) is 0 Å². The Morgan fingerprint density at radius 2 is 2.40 bits per heavy atom. The van der Waals surface area contributed by atoms with E-state index >= 15 is 0 Å². The van der Waals surface area contributed by atoms with Crippen molar-refractivity contribution in [2.24, 2.45) is 0 Å². The fourth-order valence-corrected chi connectivity index (χ4v) is 1.54. The Bertz CT molecular complexity index is 420. The summed E-state index contributed by atoms with van der Waals surface area (Å²) in [6.07, 6.45) is 4.20. The van der Waals surface area contributed by atoms with Crippen molar-refractivity contribution in [1.82, 2.24) is 15.0 Å². The number of aryl methyl sites for hydroxylation is 1. The Labute approximate surface area is 87.3 Å². The van der Waals surface area contributed by atoms with Crippen LogP contribution < -0.4 is 0 Å². The van der Waals surface area contributed by atoms with Gasteiger partial charge in [0, 0.05) is 12.1 Å². The monoisotopic (exact) mass is 207 g/mol. The number of rotatable bonds is 4. The minimum atomic E-state index is -0.107. The third kappa shape index (κ3) is 1.78. The number of nitrogens with zero attached hydrogens (tertiary/aromatic N) is 3. The summed E-state index contributed by atoms with van der Waals surface area (Å²) in [4.78, 5) is 0. The van der Waals surface area contributed by atoms with Crippen LogP contribution in [0.2, 0.25) is 0 Å². The van der Waals surface area contributed by atoms with Gasteiger partial charge in [0.1, 0.15) is 5.69 Å². The molecule has 0 amide bonds. The smallest absolute Gasteiger partial charge is 0.116 e. The Hall–Kier alpha value is -1.62. The topological polar surface area (TPSA) is 64.1 Å². The highest BCUT2D eigenvalue weighted by Gasteiger charge is 2.14. The molecule has 15 heavy (non-hydrogen) atoms. The minimum absolute atomic E-state index is 0.107. The highest BCUT2D eigenvalue weighted by molar-refractivity contribution is 5.60. The van der Waals surface area contributed by atoms with Gasteiger partial charge in [-0.25, -0.2) is 4.68 Å². The highest BCUT2D eigenvalue weighted by atomic mass is 16.3. The van der Waals surface area contributed by atoms with Gasteiger partial charge in [-0.1, -0.05) is 12.1 Å². The first kappa shape index (κ1) is 9.92. The van der Waals surface area contributed by atoms with Crippen molar-refractivity contribution in [1.29, 1.82) is 0 Å². The molecular formula is C10H13N3O2. The molecule has 0 aliphatic heterocycles. The Morgan fingerprint density at radius 1 is 1.53 bits per heavy atom. The molecule has 2 heterocycles. The maximum atomic E-state index is 9.15. The standard InChI is InChI=1S/C10H13N3O2/c1-2-4-13-10(8-3-5-15-7-8)9(6-14)11-12-13/h3,5,7,14H,2,4,6H2,1H3. The van der Waals surface area contributed by atoms with Gasteiger partial charge in [0.2, 0.25) is 0 Å². The van der Waals surface area contributed by atoms with Gasteiger partial charge in [-0.2, -0.15) is 0 Å². The van der Waals surface area contributed by atoms with Crippen LogP contribution in [-0.2, 0) is 13.2 Å². The number of aliphatic hydroxyl groups excluding tert-OH is 1. The van der Waals surface area contributed by atoms with Crippen molar-refractivity contribution in [3.8, 4) is 11.3 Å². The summed E-state index contributed by atoms with van der Waals surface area (Å²) in [6, 6.07) is 1.84. The van der Waals surface area contributed by atoms with E-state index in [1.807, 2.05) is 6.07 Å². The van der Waals surface area contributed by atoms with E-state index in [-0.39, 0.29) is 6.61 Å². The van der Waals surface area contributed by atoms with Gasteiger partial charge < -0.3 is 9.52 Å². The lowest BCUT2D eigenvalue weighted by Crippen LogP contribution is -2.01. The quantitative estimate of drug-likeness (QED) is 0.823. The molecule has 0 aliphatic carbocycles. The third-order valence-electron chi connectivity index (χ3n) is 2.18. The van der Waals surface area contributed by atoms with E-state index in [2.05, 4.69) is 17.2 Å². The zero-order valence-corrected chi connectivity index (χ0v) is 8.55. The van der Waals surface area contributed by atoms with Crippen LogP contribution in [0.5, 0.6) is 0 Å². The largest absolute Gasteiger partial charge is 0.472 e. The van der Waals surface area contributed by atoms with Crippen molar-refractivity contribution in [2.45, 2.75) is 26.5 Å². The van der Waals surface area contributed by atoms with Crippen molar-refractivity contribution >= 4 is 0 Å². The maximum absolute atomic E-state index is 9.15. The lowest BCUT2D eigenvalue weighted by atomic mass is 10.2. The normalized spacial score (nSPS) is 10.8. The molecule has 5 heteroatoms. The molecule has 2 rings (SSSR count). The minimum Gasteiger partial charge on any atom is -0.472 e. The van der Waals surface area contributed by atoms with E-state index in [0.717, 1.165) is 24.2 Å². The lowest BCUT2D eigenvalue weighted by Gasteiger charge is -2.03. The molecule has 0 bridgehead atoms. The fourth-order valence-electron chi connectivity index (χ4n) is 1.54. The average molecular weight is 207 g/mol. The van der Waals surface area contributed by atoms with Crippen LogP contribution >= 0.6 is 0 Å². The van der Waals surface area contributed by atoms with Crippen LogP contribution in [0.25, 0.3) is 11.3 Å². The van der Waals surface area contributed by atoms with E-state index in [0.29, 0.717) is 5.69 Å². The SMILES string of the molecule is CCCn1nnc(CO)c1-c1ccoc1. The van der Waals surface area contributed by atoms with Gasteiger partial charge >= 0.3 is 0 Å². The fraction of sp³-hybridized carbons (Fsp3) is 0.400. The summed E-state index contributed by atoms with van der Waals surface area (Å²) in [6.45, 7) is 2.75. The van der Waals surface area contributed by atoms with E-state index in [4.69, 9.17) is 9.52 Å². The van der Waals surface area contributed by atoms with Crippen molar-refractivity contribution in [3.05, 3.63) is 24.3 Å². The number of aromatic nitrogens is 3. The molecule has 0 aromatic carbocycles. The number of hydrogen-bond donors (Lipinski definition) is 1. The molecule has 0 radical (unpaired) electrons. The van der Waals surface area contributed by atoms with Crippen LogP contribution in [0, 0.1) is 0 Å². The second kappa shape index (κ2) is 4.27. The Morgan fingerprint density at radius 3 is 3.00 bits per heavy atom. The predicted octanol–water partition coefficient (Wildman–Crippen LogP) is 1.44. The summed E-state index contributed by atoms with van der Waals surface area (Å²) >= 11 is 0. The van der Waals surface area contributed by atoms with E-state index in [9.17, 15) is 0 Å². The van der Waals surface area contributed by atoms with Crippen molar-refractivity contribution < 1.29 is 9.52 Å². The zero-order chi connectivity index (χ0) is 10.7. The second-order valence-electron chi connectivity index (χ2n) is 3.28. The average Bonchev–Trinajstić information content (AvgIpc) is 2.85.